The molecule has 0 atom stereocenters. The first-order chi connectivity index (χ1) is 13.7. The smallest absolute Gasteiger partial charge is 0.279 e. The van der Waals surface area contributed by atoms with E-state index in [1.807, 2.05) is 24.3 Å². The lowest BCUT2D eigenvalue weighted by molar-refractivity contribution is -0.892. The number of piperazine rings is 1. The van der Waals surface area contributed by atoms with Gasteiger partial charge in [0.2, 0.25) is 0 Å². The van der Waals surface area contributed by atoms with Gasteiger partial charge in [0, 0.05) is 17.4 Å². The summed E-state index contributed by atoms with van der Waals surface area (Å²) in [5.74, 6) is 0.971. The van der Waals surface area contributed by atoms with Gasteiger partial charge < -0.3 is 19.9 Å². The van der Waals surface area contributed by atoms with Crippen LogP contribution in [0.2, 0.25) is 0 Å². The van der Waals surface area contributed by atoms with E-state index in [1.54, 1.807) is 7.11 Å². The average Bonchev–Trinajstić information content (AvgIpc) is 2.74. The van der Waals surface area contributed by atoms with E-state index in [4.69, 9.17) is 4.74 Å². The number of methoxy groups -OCH3 is 1. The monoisotopic (exact) mass is 382 g/mol. The quantitative estimate of drug-likeness (QED) is 0.737. The third-order valence-electron chi connectivity index (χ3n) is 5.36. The van der Waals surface area contributed by atoms with Gasteiger partial charge in [-0.05, 0) is 42.7 Å². The van der Waals surface area contributed by atoms with E-state index in [1.165, 1.54) is 29.0 Å². The molecule has 1 aliphatic heterocycles. The molecular formula is C23H32N3O2+. The van der Waals surface area contributed by atoms with Crippen LogP contribution >= 0.6 is 0 Å². The number of quaternary nitrogens is 1. The maximum Gasteiger partial charge on any atom is 0.279 e. The van der Waals surface area contributed by atoms with E-state index >= 15 is 0 Å². The molecule has 1 heterocycles. The second-order valence-electron chi connectivity index (χ2n) is 7.46. The van der Waals surface area contributed by atoms with Crippen LogP contribution in [0.25, 0.3) is 0 Å². The minimum Gasteiger partial charge on any atom is -0.497 e. The molecule has 5 heteroatoms. The van der Waals surface area contributed by atoms with Gasteiger partial charge in [-0.2, -0.15) is 0 Å². The van der Waals surface area contributed by atoms with Crippen LogP contribution in [0.3, 0.4) is 0 Å². The van der Waals surface area contributed by atoms with Crippen LogP contribution < -0.4 is 19.9 Å². The number of hydrogen-bond donors (Lipinski definition) is 2. The molecule has 2 aromatic rings. The summed E-state index contributed by atoms with van der Waals surface area (Å²) >= 11 is 0. The molecule has 0 radical (unpaired) electrons. The van der Waals surface area contributed by atoms with Crippen LogP contribution in [0, 0.1) is 0 Å². The number of nitrogens with one attached hydrogen (secondary N) is 2. The van der Waals surface area contributed by atoms with Crippen molar-refractivity contribution in [2.75, 3.05) is 50.1 Å². The highest BCUT2D eigenvalue weighted by Gasteiger charge is 2.22. The van der Waals surface area contributed by atoms with Gasteiger partial charge in [-0.25, -0.2) is 0 Å². The van der Waals surface area contributed by atoms with Gasteiger partial charge in [-0.1, -0.05) is 31.5 Å². The van der Waals surface area contributed by atoms with Crippen molar-refractivity contribution < 1.29 is 14.4 Å². The first-order valence-electron chi connectivity index (χ1n) is 10.3. The Labute approximate surface area is 168 Å². The van der Waals surface area contributed by atoms with Crippen LogP contribution in [0.5, 0.6) is 5.75 Å². The fraction of sp³-hybridized carbons (Fsp3) is 0.435. The highest BCUT2D eigenvalue weighted by Crippen LogP contribution is 2.20. The standard InChI is InChI=1S/C23H31N3O2/c1-3-4-6-19-9-11-20(12-10-19)24-23(27)18-25-13-15-26(16-14-25)21-7-5-8-22(17-21)28-2/h5,7-12,17H,3-4,6,13-16,18H2,1-2H3,(H,24,27)/p+1. The number of nitrogens with zero attached hydrogens (tertiary/aromatic N) is 1. The Morgan fingerprint density at radius 3 is 2.57 bits per heavy atom. The van der Waals surface area contributed by atoms with Crippen LogP contribution in [-0.2, 0) is 11.2 Å². The summed E-state index contributed by atoms with van der Waals surface area (Å²) in [5.41, 5.74) is 3.41. The maximum atomic E-state index is 12.4. The van der Waals surface area contributed by atoms with Crippen molar-refractivity contribution in [1.29, 1.82) is 0 Å². The molecule has 3 rings (SSSR count). The van der Waals surface area contributed by atoms with Crippen molar-refractivity contribution in [2.24, 2.45) is 0 Å². The molecule has 5 nitrogen and oxygen atoms in total. The number of unbranched alkanes of at least 4 members (excludes halogenated alkanes) is 1. The molecule has 2 N–H and O–H groups in total. The lowest BCUT2D eigenvalue weighted by Crippen LogP contribution is -3.15. The molecule has 1 aliphatic rings. The Hall–Kier alpha value is -2.53. The van der Waals surface area contributed by atoms with Gasteiger partial charge >= 0.3 is 0 Å². The predicted octanol–water partition coefficient (Wildman–Crippen LogP) is 2.38. The van der Waals surface area contributed by atoms with E-state index in [9.17, 15) is 4.79 Å². The van der Waals surface area contributed by atoms with Gasteiger partial charge in [-0.3, -0.25) is 4.79 Å². The molecule has 0 unspecified atom stereocenters. The number of amides is 1. The Morgan fingerprint density at radius 2 is 1.89 bits per heavy atom. The van der Waals surface area contributed by atoms with E-state index < -0.39 is 0 Å². The van der Waals surface area contributed by atoms with Gasteiger partial charge in [0.05, 0.1) is 33.3 Å². The second-order valence-corrected chi connectivity index (χ2v) is 7.46. The lowest BCUT2D eigenvalue weighted by atomic mass is 10.1. The number of aryl methyl sites for hydroxylation is 1. The summed E-state index contributed by atoms with van der Waals surface area (Å²) in [6, 6.07) is 16.4. The normalized spacial score (nSPS) is 14.7. The van der Waals surface area contributed by atoms with E-state index in [0.29, 0.717) is 6.54 Å². The average molecular weight is 383 g/mol. The van der Waals surface area contributed by atoms with Crippen LogP contribution in [-0.4, -0.2) is 45.7 Å². The van der Waals surface area contributed by atoms with Crippen molar-refractivity contribution in [3.05, 3.63) is 54.1 Å². The highest BCUT2D eigenvalue weighted by molar-refractivity contribution is 5.91. The molecular weight excluding hydrogens is 350 g/mol. The van der Waals surface area contributed by atoms with E-state index in [-0.39, 0.29) is 5.91 Å². The zero-order valence-electron chi connectivity index (χ0n) is 17.0. The molecule has 0 bridgehead atoms. The lowest BCUT2D eigenvalue weighted by Gasteiger charge is -2.33. The highest BCUT2D eigenvalue weighted by atomic mass is 16.5. The molecule has 1 amide bonds. The molecule has 0 aliphatic carbocycles. The van der Waals surface area contributed by atoms with Crippen molar-refractivity contribution in [1.82, 2.24) is 0 Å². The Balaban J connectivity index is 1.44. The number of benzene rings is 2. The number of rotatable bonds is 8. The van der Waals surface area contributed by atoms with Crippen molar-refractivity contribution in [2.45, 2.75) is 26.2 Å². The molecule has 1 fully saturated rings. The Morgan fingerprint density at radius 1 is 1.14 bits per heavy atom. The topological polar surface area (TPSA) is 46.0 Å². The number of carbonyl (C=O) groups is 1. The summed E-state index contributed by atoms with van der Waals surface area (Å²) in [4.78, 5) is 16.1. The minimum absolute atomic E-state index is 0.0890. The third kappa shape index (κ3) is 5.73. The summed E-state index contributed by atoms with van der Waals surface area (Å²) < 4.78 is 5.32. The number of ether oxygens (including phenoxy) is 1. The molecule has 2 aromatic carbocycles. The summed E-state index contributed by atoms with van der Waals surface area (Å²) in [6.07, 6.45) is 3.51. The van der Waals surface area contributed by atoms with E-state index in [2.05, 4.69) is 41.4 Å². The zero-order chi connectivity index (χ0) is 19.8. The molecule has 28 heavy (non-hydrogen) atoms. The van der Waals surface area contributed by atoms with Gasteiger partial charge in [0.1, 0.15) is 5.75 Å². The fourth-order valence-corrected chi connectivity index (χ4v) is 3.63. The van der Waals surface area contributed by atoms with Crippen LogP contribution in [0.15, 0.2) is 48.5 Å². The van der Waals surface area contributed by atoms with Crippen molar-refractivity contribution in [3.8, 4) is 5.75 Å². The van der Waals surface area contributed by atoms with Gasteiger partial charge in [0.15, 0.2) is 6.54 Å². The van der Waals surface area contributed by atoms with Crippen LogP contribution in [0.4, 0.5) is 11.4 Å². The van der Waals surface area contributed by atoms with Crippen LogP contribution in [0.1, 0.15) is 25.3 Å². The fourth-order valence-electron chi connectivity index (χ4n) is 3.63. The predicted molar refractivity (Wildman–Crippen MR) is 114 cm³/mol. The molecule has 0 saturated carbocycles. The summed E-state index contributed by atoms with van der Waals surface area (Å²) in [7, 11) is 1.69. The summed E-state index contributed by atoms with van der Waals surface area (Å²) in [5, 5.41) is 3.04. The minimum atomic E-state index is 0.0890. The van der Waals surface area contributed by atoms with Crippen molar-refractivity contribution in [3.63, 3.8) is 0 Å². The first kappa shape index (κ1) is 20.2. The maximum absolute atomic E-state index is 12.4. The molecule has 0 spiro atoms. The number of anilines is 2. The van der Waals surface area contributed by atoms with Gasteiger partial charge in [-0.15, -0.1) is 0 Å². The third-order valence-corrected chi connectivity index (χ3v) is 5.36. The second kappa shape index (κ2) is 10.1. The molecule has 150 valence electrons. The first-order valence-corrected chi connectivity index (χ1v) is 10.3. The molecule has 1 saturated heterocycles. The van der Waals surface area contributed by atoms with Crippen molar-refractivity contribution >= 4 is 17.3 Å². The Kier molecular flexibility index (Phi) is 7.31. The zero-order valence-corrected chi connectivity index (χ0v) is 17.0. The number of carbonyl (C=O) groups excluding carboxylic acids is 1. The number of hydrogen-bond acceptors (Lipinski definition) is 3. The largest absolute Gasteiger partial charge is 0.497 e. The summed E-state index contributed by atoms with van der Waals surface area (Å²) in [6.45, 7) is 6.53. The SMILES string of the molecule is CCCCc1ccc(NC(=O)C[NH+]2CCN(c3cccc(OC)c3)CC2)cc1. The Bertz CT molecular complexity index is 753. The van der Waals surface area contributed by atoms with E-state index in [0.717, 1.165) is 44.0 Å². The molecule has 0 aromatic heterocycles. The van der Waals surface area contributed by atoms with Gasteiger partial charge in [0.25, 0.3) is 5.91 Å².